The van der Waals surface area contributed by atoms with Gasteiger partial charge < -0.3 is 15.2 Å². The number of nitriles is 1. The summed E-state index contributed by atoms with van der Waals surface area (Å²) >= 11 is 5.89. The van der Waals surface area contributed by atoms with E-state index in [-0.39, 0.29) is 47.2 Å². The summed E-state index contributed by atoms with van der Waals surface area (Å²) in [5.74, 6) is -6.54. The van der Waals surface area contributed by atoms with E-state index in [0.29, 0.717) is 42.6 Å². The van der Waals surface area contributed by atoms with Crippen LogP contribution in [0.25, 0.3) is 0 Å². The number of amidine groups is 2. The lowest BCUT2D eigenvalue weighted by molar-refractivity contribution is -0.0725. The summed E-state index contributed by atoms with van der Waals surface area (Å²) < 4.78 is 96.3. The minimum Gasteiger partial charge on any atom is -0.444 e. The molecule has 8 nitrogen and oxygen atoms in total. The van der Waals surface area contributed by atoms with Gasteiger partial charge in [0, 0.05) is 48.3 Å². The van der Waals surface area contributed by atoms with Gasteiger partial charge in [0.2, 0.25) is 11.6 Å². The van der Waals surface area contributed by atoms with Crippen LogP contribution in [0.1, 0.15) is 60.1 Å². The van der Waals surface area contributed by atoms with Crippen LogP contribution in [0.2, 0.25) is 5.02 Å². The summed E-state index contributed by atoms with van der Waals surface area (Å²) in [5.41, 5.74) is 5.75. The van der Waals surface area contributed by atoms with E-state index in [9.17, 15) is 27.2 Å². The van der Waals surface area contributed by atoms with Gasteiger partial charge in [-0.25, -0.2) is 18.2 Å². The Bertz CT molecular complexity index is 1860. The van der Waals surface area contributed by atoms with Crippen LogP contribution in [-0.4, -0.2) is 47.0 Å². The lowest BCUT2D eigenvalue weighted by Crippen LogP contribution is -2.40. The van der Waals surface area contributed by atoms with Crippen LogP contribution < -0.4 is 15.2 Å². The van der Waals surface area contributed by atoms with E-state index < -0.39 is 52.8 Å². The summed E-state index contributed by atoms with van der Waals surface area (Å²) in [7, 11) is 0. The Morgan fingerprint density at radius 3 is 2.54 bits per heavy atom. The predicted molar refractivity (Wildman–Crippen MR) is 164 cm³/mol. The summed E-state index contributed by atoms with van der Waals surface area (Å²) in [4.78, 5) is 9.39. The molecule has 2 aromatic carbocycles. The highest BCUT2D eigenvalue weighted by Gasteiger charge is 2.46. The van der Waals surface area contributed by atoms with Gasteiger partial charge in [-0.2, -0.15) is 18.4 Å². The third-order valence-electron chi connectivity index (χ3n) is 8.98. The second kappa shape index (κ2) is 12.3. The number of pyridine rings is 1. The number of likely N-dealkylation sites (tertiary alicyclic amines) is 1. The first kappa shape index (κ1) is 33.5. The lowest BCUT2D eigenvalue weighted by Gasteiger charge is -2.35. The maximum Gasteiger partial charge on any atom is 0.449 e. The van der Waals surface area contributed by atoms with Crippen LogP contribution in [0.3, 0.4) is 0 Å². The van der Waals surface area contributed by atoms with E-state index in [1.807, 2.05) is 4.90 Å². The fourth-order valence-electron chi connectivity index (χ4n) is 6.15. The topological polar surface area (TPSA) is 121 Å². The second-order valence-electron chi connectivity index (χ2n) is 12.5. The largest absolute Gasteiger partial charge is 0.449 e. The first-order valence-corrected chi connectivity index (χ1v) is 15.4. The Balaban J connectivity index is 1.21. The van der Waals surface area contributed by atoms with E-state index in [4.69, 9.17) is 32.2 Å². The molecule has 1 aliphatic carbocycles. The van der Waals surface area contributed by atoms with Gasteiger partial charge in [-0.05, 0) is 68.1 Å². The highest BCUT2D eigenvalue weighted by molar-refractivity contribution is 6.30. The van der Waals surface area contributed by atoms with Crippen molar-refractivity contribution in [3.63, 3.8) is 0 Å². The highest BCUT2D eigenvalue weighted by Crippen LogP contribution is 2.52. The van der Waals surface area contributed by atoms with Crippen molar-refractivity contribution >= 4 is 23.3 Å². The predicted octanol–water partition coefficient (Wildman–Crippen LogP) is 7.08. The number of nitrogens with two attached hydrogens (primary N) is 1. The summed E-state index contributed by atoms with van der Waals surface area (Å²) in [6.07, 6.45) is -3.32. The van der Waals surface area contributed by atoms with Gasteiger partial charge in [0.25, 0.3) is 5.79 Å². The molecule has 1 saturated heterocycles. The summed E-state index contributed by atoms with van der Waals surface area (Å²) in [6, 6.07) is 10.3. The first-order valence-electron chi connectivity index (χ1n) is 15.0. The fourth-order valence-corrected chi connectivity index (χ4v) is 6.31. The SMILES string of the molecule is C[C@]1(c2ccc(Cl)cc2F)Oc2c(F)ccc(C3CCN(Cc4ncc(C(=N)N=C(N)C(F)(F)F)cc4CC4(C#N)CC4)CC3F)c2O1. The maximum atomic E-state index is 16.0. The summed E-state index contributed by atoms with van der Waals surface area (Å²) in [6.45, 7) is 1.94. The van der Waals surface area contributed by atoms with Gasteiger partial charge in [0.1, 0.15) is 12.0 Å². The zero-order valence-electron chi connectivity index (χ0n) is 25.5. The molecule has 2 unspecified atom stereocenters. The molecule has 15 heteroatoms. The molecule has 3 N–H and O–H groups in total. The van der Waals surface area contributed by atoms with Crippen molar-refractivity contribution in [2.45, 2.75) is 63.2 Å². The zero-order chi connectivity index (χ0) is 34.6. The minimum atomic E-state index is -4.90. The van der Waals surface area contributed by atoms with E-state index in [0.717, 1.165) is 12.1 Å². The minimum absolute atomic E-state index is 0.00464. The molecule has 1 saturated carbocycles. The van der Waals surface area contributed by atoms with Crippen LogP contribution in [0.4, 0.5) is 26.3 Å². The number of nitrogens with zero attached hydrogens (tertiary/aromatic N) is 4. The lowest BCUT2D eigenvalue weighted by atomic mass is 9.86. The van der Waals surface area contributed by atoms with Gasteiger partial charge in [-0.15, -0.1) is 0 Å². The molecule has 3 heterocycles. The third kappa shape index (κ3) is 6.53. The standard InChI is InChI=1S/C33H29ClF6N6O2/c1-31(22-4-2-19(34)11-24(22)36)47-27-21(3-5-23(35)28(27)48-31)20-6-9-46(14-25(20)37)15-26-17(12-32(16-41)7-8-32)10-18(13-44-26)29(42)45-30(43)33(38,39)40/h2-5,10-11,13,20,25H,6-9,12,14-15H2,1H3,(H3,42,43,45)/t20?,25?,31-/m1/s1. The highest BCUT2D eigenvalue weighted by atomic mass is 35.5. The number of aromatic nitrogens is 1. The van der Waals surface area contributed by atoms with Crippen molar-refractivity contribution in [3.05, 3.63) is 87.2 Å². The maximum absolute atomic E-state index is 16.0. The monoisotopic (exact) mass is 690 g/mol. The molecule has 0 amide bonds. The number of fused-ring (bicyclic) bond motifs is 1. The molecule has 252 valence electrons. The molecule has 6 rings (SSSR count). The number of hydrogen-bond acceptors (Lipinski definition) is 6. The number of hydrogen-bond donors (Lipinski definition) is 2. The molecule has 2 fully saturated rings. The Labute approximate surface area is 276 Å². The van der Waals surface area contributed by atoms with Crippen LogP contribution in [-0.2, 0) is 18.8 Å². The van der Waals surface area contributed by atoms with Crippen molar-refractivity contribution in [1.82, 2.24) is 9.88 Å². The molecule has 1 aromatic heterocycles. The number of ether oxygens (including phenoxy) is 2. The number of alkyl halides is 4. The molecule has 0 spiro atoms. The van der Waals surface area contributed by atoms with E-state index in [1.54, 1.807) is 0 Å². The smallest absolute Gasteiger partial charge is 0.444 e. The van der Waals surface area contributed by atoms with Gasteiger partial charge in [-0.1, -0.05) is 17.7 Å². The summed E-state index contributed by atoms with van der Waals surface area (Å²) in [5, 5.41) is 17.9. The zero-order valence-corrected chi connectivity index (χ0v) is 26.2. The number of piperidine rings is 1. The van der Waals surface area contributed by atoms with Gasteiger partial charge in [0.15, 0.2) is 17.4 Å². The van der Waals surface area contributed by atoms with Crippen molar-refractivity contribution in [2.75, 3.05) is 13.1 Å². The average Bonchev–Trinajstić information content (AvgIpc) is 3.69. The van der Waals surface area contributed by atoms with Gasteiger partial charge in [-0.3, -0.25) is 15.3 Å². The molecule has 0 radical (unpaired) electrons. The fraction of sp³-hybridized carbons (Fsp3) is 0.394. The molecule has 48 heavy (non-hydrogen) atoms. The number of aliphatic imine (C=N–C) groups is 1. The first-order chi connectivity index (χ1) is 22.6. The van der Waals surface area contributed by atoms with Crippen LogP contribution in [0.15, 0.2) is 47.6 Å². The third-order valence-corrected chi connectivity index (χ3v) is 9.22. The Hall–Kier alpha value is -4.35. The molecular formula is C33H29ClF6N6O2. The van der Waals surface area contributed by atoms with E-state index in [2.05, 4.69) is 16.0 Å². The molecular weight excluding hydrogens is 662 g/mol. The molecule has 3 aliphatic rings. The number of halogens is 7. The van der Waals surface area contributed by atoms with Crippen LogP contribution in [0.5, 0.6) is 11.5 Å². The average molecular weight is 691 g/mol. The van der Waals surface area contributed by atoms with Crippen molar-refractivity contribution in [2.24, 2.45) is 16.1 Å². The number of benzene rings is 2. The Kier molecular flexibility index (Phi) is 8.58. The molecule has 2 aliphatic heterocycles. The van der Waals surface area contributed by atoms with Gasteiger partial charge in [0.05, 0.1) is 22.7 Å². The van der Waals surface area contributed by atoms with E-state index in [1.165, 1.54) is 37.4 Å². The van der Waals surface area contributed by atoms with Crippen molar-refractivity contribution in [3.8, 4) is 17.6 Å². The molecule has 3 aromatic rings. The van der Waals surface area contributed by atoms with Crippen LogP contribution >= 0.6 is 11.6 Å². The molecule has 3 atom stereocenters. The number of rotatable bonds is 7. The van der Waals surface area contributed by atoms with E-state index >= 15 is 4.39 Å². The second-order valence-corrected chi connectivity index (χ2v) is 12.9. The van der Waals surface area contributed by atoms with Gasteiger partial charge >= 0.3 is 6.18 Å². The Morgan fingerprint density at radius 1 is 1.17 bits per heavy atom. The van der Waals surface area contributed by atoms with Crippen LogP contribution in [0, 0.1) is 33.8 Å². The normalized spacial score (nSPS) is 23.5. The quantitative estimate of drug-likeness (QED) is 0.155. The van der Waals surface area contributed by atoms with Crippen molar-refractivity contribution < 1.29 is 35.8 Å². The van der Waals surface area contributed by atoms with Crippen molar-refractivity contribution in [1.29, 1.82) is 10.7 Å². The molecule has 0 bridgehead atoms. The Morgan fingerprint density at radius 2 is 1.90 bits per heavy atom. The number of nitrogens with one attached hydrogen (secondary N) is 1.